The molecule has 1 unspecified atom stereocenters. The number of piperidine rings is 1. The second-order valence-corrected chi connectivity index (χ2v) is 10.3. The van der Waals surface area contributed by atoms with Gasteiger partial charge in [-0.2, -0.15) is 4.31 Å². The summed E-state index contributed by atoms with van der Waals surface area (Å²) >= 11 is 0. The van der Waals surface area contributed by atoms with E-state index in [0.717, 1.165) is 34.2 Å². The van der Waals surface area contributed by atoms with Crippen molar-refractivity contribution in [2.24, 2.45) is 5.92 Å². The zero-order valence-electron chi connectivity index (χ0n) is 18.7. The van der Waals surface area contributed by atoms with Gasteiger partial charge in [0.2, 0.25) is 15.9 Å². The second kappa shape index (κ2) is 9.49. The largest absolute Gasteiger partial charge is 0.497 e. The number of amides is 1. The fraction of sp³-hybridized carbons (Fsp3) is 0.320. The van der Waals surface area contributed by atoms with E-state index in [4.69, 9.17) is 4.74 Å². The Bertz CT molecular complexity index is 1260. The van der Waals surface area contributed by atoms with Gasteiger partial charge in [0.05, 0.1) is 17.9 Å². The maximum atomic E-state index is 13.2. The van der Waals surface area contributed by atoms with Crippen molar-refractivity contribution in [3.8, 4) is 5.75 Å². The van der Waals surface area contributed by atoms with Gasteiger partial charge in [-0.1, -0.05) is 18.2 Å². The monoisotopic (exact) mass is 470 g/mol. The van der Waals surface area contributed by atoms with Gasteiger partial charge in [0.25, 0.3) is 0 Å². The van der Waals surface area contributed by atoms with E-state index in [2.05, 4.69) is 0 Å². The predicted molar refractivity (Wildman–Crippen MR) is 125 cm³/mol. The highest BCUT2D eigenvalue weighted by molar-refractivity contribution is 7.89. The summed E-state index contributed by atoms with van der Waals surface area (Å²) in [7, 11) is -0.398. The van der Waals surface area contributed by atoms with Gasteiger partial charge in [0, 0.05) is 26.7 Å². The van der Waals surface area contributed by atoms with Crippen molar-refractivity contribution in [3.63, 3.8) is 0 Å². The third-order valence-corrected chi connectivity index (χ3v) is 7.97. The van der Waals surface area contributed by atoms with Crippen molar-refractivity contribution in [2.45, 2.75) is 24.3 Å². The minimum Gasteiger partial charge on any atom is -0.497 e. The first-order valence-corrected chi connectivity index (χ1v) is 12.3. The molecule has 0 N–H and O–H groups in total. The molecule has 4 rings (SSSR count). The molecular weight excluding hydrogens is 443 g/mol. The van der Waals surface area contributed by atoms with Crippen molar-refractivity contribution in [2.75, 3.05) is 27.2 Å². The van der Waals surface area contributed by atoms with Crippen molar-refractivity contribution < 1.29 is 22.3 Å². The van der Waals surface area contributed by atoms with Gasteiger partial charge in [-0.05, 0) is 71.6 Å². The Kier molecular flexibility index (Phi) is 6.67. The molecule has 1 atom stereocenters. The topological polar surface area (TPSA) is 66.9 Å². The molecule has 1 amide bonds. The Balaban J connectivity index is 1.45. The molecule has 1 heterocycles. The Morgan fingerprint density at radius 2 is 1.79 bits per heavy atom. The van der Waals surface area contributed by atoms with Crippen LogP contribution >= 0.6 is 0 Å². The normalized spacial score (nSPS) is 17.1. The number of fused-ring (bicyclic) bond motifs is 1. The molecule has 1 saturated heterocycles. The van der Waals surface area contributed by atoms with E-state index in [-0.39, 0.29) is 17.3 Å². The summed E-state index contributed by atoms with van der Waals surface area (Å²) in [5.74, 6) is -0.192. The number of benzene rings is 3. The molecule has 0 saturated carbocycles. The molecule has 33 heavy (non-hydrogen) atoms. The number of methoxy groups -OCH3 is 1. The van der Waals surface area contributed by atoms with Crippen LogP contribution in [0.5, 0.6) is 5.75 Å². The molecule has 3 aromatic rings. The number of sulfonamides is 1. The van der Waals surface area contributed by atoms with Gasteiger partial charge >= 0.3 is 0 Å². The first kappa shape index (κ1) is 23.2. The van der Waals surface area contributed by atoms with E-state index in [0.29, 0.717) is 25.9 Å². The second-order valence-electron chi connectivity index (χ2n) is 8.40. The van der Waals surface area contributed by atoms with Gasteiger partial charge in [0.15, 0.2) is 0 Å². The number of halogens is 1. The van der Waals surface area contributed by atoms with Crippen LogP contribution in [-0.4, -0.2) is 50.8 Å². The summed E-state index contributed by atoms with van der Waals surface area (Å²) in [4.78, 5) is 14.8. The van der Waals surface area contributed by atoms with Crippen molar-refractivity contribution in [1.29, 1.82) is 0 Å². The number of hydrogen-bond acceptors (Lipinski definition) is 4. The number of rotatable bonds is 6. The Hall–Kier alpha value is -2.97. The number of hydrogen-bond donors (Lipinski definition) is 0. The highest BCUT2D eigenvalue weighted by atomic mass is 32.2. The summed E-state index contributed by atoms with van der Waals surface area (Å²) in [6.07, 6.45) is 1.23. The van der Waals surface area contributed by atoms with Gasteiger partial charge in [-0.3, -0.25) is 4.79 Å². The average molecular weight is 471 g/mol. The summed E-state index contributed by atoms with van der Waals surface area (Å²) in [6.45, 7) is 0.907. The van der Waals surface area contributed by atoms with Crippen LogP contribution in [0.2, 0.25) is 0 Å². The van der Waals surface area contributed by atoms with E-state index in [1.54, 1.807) is 19.1 Å². The number of ether oxygens (including phenoxy) is 1. The van der Waals surface area contributed by atoms with Crippen molar-refractivity contribution in [1.82, 2.24) is 9.21 Å². The first-order chi connectivity index (χ1) is 15.8. The zero-order chi connectivity index (χ0) is 23.6. The number of carbonyl (C=O) groups is 1. The van der Waals surface area contributed by atoms with Gasteiger partial charge in [-0.25, -0.2) is 12.8 Å². The molecular formula is C25H27FN2O4S. The van der Waals surface area contributed by atoms with Gasteiger partial charge < -0.3 is 9.64 Å². The number of nitrogens with zero attached hydrogens (tertiary/aromatic N) is 2. The maximum Gasteiger partial charge on any atom is 0.243 e. The lowest BCUT2D eigenvalue weighted by atomic mass is 9.98. The van der Waals surface area contributed by atoms with Crippen LogP contribution in [0.1, 0.15) is 18.4 Å². The standard InChI is InChI=1S/C25H27FN2O4S/c1-27(16-18-5-6-20-15-23(32-2)10-7-19(20)14-18)25(29)21-4-3-13-28(17-21)33(30,31)24-11-8-22(26)9-12-24/h5-12,14-15,21H,3-4,13,16-17H2,1-2H3. The molecule has 0 spiro atoms. The molecule has 6 nitrogen and oxygen atoms in total. The minimum absolute atomic E-state index is 0.0400. The molecule has 1 aliphatic rings. The fourth-order valence-corrected chi connectivity index (χ4v) is 5.80. The molecule has 0 radical (unpaired) electrons. The van der Waals surface area contributed by atoms with Crippen molar-refractivity contribution in [3.05, 3.63) is 72.0 Å². The average Bonchev–Trinajstić information content (AvgIpc) is 2.83. The van der Waals surface area contributed by atoms with E-state index in [1.807, 2.05) is 36.4 Å². The van der Waals surface area contributed by atoms with Crippen molar-refractivity contribution >= 4 is 26.7 Å². The highest BCUT2D eigenvalue weighted by Crippen LogP contribution is 2.26. The molecule has 8 heteroatoms. The summed E-state index contributed by atoms with van der Waals surface area (Å²) < 4.78 is 45.7. The summed E-state index contributed by atoms with van der Waals surface area (Å²) in [5.41, 5.74) is 0.995. The molecule has 3 aromatic carbocycles. The Labute approximate surface area is 193 Å². The lowest BCUT2D eigenvalue weighted by Crippen LogP contribution is -2.45. The van der Waals surface area contributed by atoms with Crippen LogP contribution in [0, 0.1) is 11.7 Å². The fourth-order valence-electron chi connectivity index (χ4n) is 4.28. The van der Waals surface area contributed by atoms with Crippen LogP contribution in [0.3, 0.4) is 0 Å². The molecule has 0 aromatic heterocycles. The van der Waals surface area contributed by atoms with E-state index < -0.39 is 21.8 Å². The Morgan fingerprint density at radius 3 is 2.52 bits per heavy atom. The van der Waals surface area contributed by atoms with E-state index >= 15 is 0 Å². The molecule has 174 valence electrons. The summed E-state index contributed by atoms with van der Waals surface area (Å²) in [5, 5.41) is 2.12. The molecule has 0 aliphatic carbocycles. The van der Waals surface area contributed by atoms with Gasteiger partial charge in [0.1, 0.15) is 11.6 Å². The first-order valence-electron chi connectivity index (χ1n) is 10.9. The van der Waals surface area contributed by atoms with Crippen LogP contribution in [0.25, 0.3) is 10.8 Å². The van der Waals surface area contributed by atoms with E-state index in [1.165, 1.54) is 16.4 Å². The summed E-state index contributed by atoms with van der Waals surface area (Å²) in [6, 6.07) is 16.7. The van der Waals surface area contributed by atoms with Gasteiger partial charge in [-0.15, -0.1) is 0 Å². The van der Waals surface area contributed by atoms with Crippen LogP contribution in [0.15, 0.2) is 65.6 Å². The van der Waals surface area contributed by atoms with Crippen LogP contribution in [0.4, 0.5) is 4.39 Å². The quantitative estimate of drug-likeness (QED) is 0.545. The maximum absolute atomic E-state index is 13.2. The molecule has 1 fully saturated rings. The lowest BCUT2D eigenvalue weighted by Gasteiger charge is -2.33. The zero-order valence-corrected chi connectivity index (χ0v) is 19.5. The lowest BCUT2D eigenvalue weighted by molar-refractivity contribution is -0.135. The molecule has 0 bridgehead atoms. The third kappa shape index (κ3) is 5.02. The van der Waals surface area contributed by atoms with Crippen LogP contribution in [-0.2, 0) is 21.4 Å². The highest BCUT2D eigenvalue weighted by Gasteiger charge is 2.34. The number of carbonyl (C=O) groups excluding carboxylic acids is 1. The van der Waals surface area contributed by atoms with Crippen LogP contribution < -0.4 is 4.74 Å². The molecule has 1 aliphatic heterocycles. The SMILES string of the molecule is COc1ccc2cc(CN(C)C(=O)C3CCCN(S(=O)(=O)c4ccc(F)cc4)C3)ccc2c1. The van der Waals surface area contributed by atoms with E-state index in [9.17, 15) is 17.6 Å². The smallest absolute Gasteiger partial charge is 0.243 e. The third-order valence-electron chi connectivity index (χ3n) is 6.09. The Morgan fingerprint density at radius 1 is 1.09 bits per heavy atom. The predicted octanol–water partition coefficient (Wildman–Crippen LogP) is 4.05. The minimum atomic E-state index is -3.77.